The molecule has 1 aliphatic rings. The van der Waals surface area contributed by atoms with Gasteiger partial charge in [0.05, 0.1) is 24.3 Å². The first-order chi connectivity index (χ1) is 33.8. The Morgan fingerprint density at radius 1 is 0.771 bits per heavy atom. The van der Waals surface area contributed by atoms with Crippen LogP contribution in [0.15, 0.2) is 144 Å². The fourth-order valence-electron chi connectivity index (χ4n) is 8.23. The van der Waals surface area contributed by atoms with Crippen molar-refractivity contribution >= 4 is 62.4 Å². The van der Waals surface area contributed by atoms with Gasteiger partial charge in [0.15, 0.2) is 0 Å². The largest absolute Gasteiger partial charge is 0.478 e. The molecule has 0 spiro atoms. The molecule has 0 saturated carbocycles. The lowest BCUT2D eigenvalue weighted by Gasteiger charge is -2.28. The van der Waals surface area contributed by atoms with Gasteiger partial charge in [-0.15, -0.1) is 10.2 Å². The molecule has 70 heavy (non-hydrogen) atoms. The molecule has 0 aliphatic carbocycles. The highest BCUT2D eigenvalue weighted by Crippen LogP contribution is 2.36. The van der Waals surface area contributed by atoms with Crippen molar-refractivity contribution in [2.24, 2.45) is 0 Å². The predicted molar refractivity (Wildman–Crippen MR) is 264 cm³/mol. The molecule has 16 nitrogen and oxygen atoms in total. The van der Waals surface area contributed by atoms with E-state index in [1.54, 1.807) is 74.3 Å². The summed E-state index contributed by atoms with van der Waals surface area (Å²) in [5.41, 5.74) is 8.23. The van der Waals surface area contributed by atoms with Crippen LogP contribution in [-0.4, -0.2) is 84.6 Å². The van der Waals surface area contributed by atoms with Gasteiger partial charge >= 0.3 is 18.0 Å². The Labute approximate surface area is 402 Å². The van der Waals surface area contributed by atoms with Crippen LogP contribution in [0.2, 0.25) is 0 Å². The van der Waals surface area contributed by atoms with Crippen LogP contribution in [-0.2, 0) is 25.5 Å². The van der Waals surface area contributed by atoms with E-state index in [0.717, 1.165) is 61.5 Å². The molecular formula is C54H51N7O9. The number of aromatic amines is 3. The summed E-state index contributed by atoms with van der Waals surface area (Å²) in [6, 6.07) is 37.9. The summed E-state index contributed by atoms with van der Waals surface area (Å²) >= 11 is 0. The zero-order valence-corrected chi connectivity index (χ0v) is 38.9. The zero-order chi connectivity index (χ0) is 49.3. The number of ether oxygens (including phenoxy) is 2. The minimum atomic E-state index is -0.920. The monoisotopic (exact) mass is 941 g/mol. The first kappa shape index (κ1) is 47.7. The predicted octanol–water partition coefficient (Wildman–Crippen LogP) is 10.4. The fourth-order valence-corrected chi connectivity index (χ4v) is 8.23. The van der Waals surface area contributed by atoms with Gasteiger partial charge < -0.3 is 44.2 Å². The molecule has 10 rings (SSSR count). The average molecular weight is 942 g/mol. The van der Waals surface area contributed by atoms with Crippen LogP contribution in [0.5, 0.6) is 0 Å². The number of hydrogen-bond acceptors (Lipinski definition) is 10. The number of aromatic nitrogens is 5. The van der Waals surface area contributed by atoms with Crippen molar-refractivity contribution in [2.45, 2.75) is 58.2 Å². The molecule has 1 saturated heterocycles. The maximum atomic E-state index is 13.9. The minimum absolute atomic E-state index is 0.134. The molecule has 1 fully saturated rings. The van der Waals surface area contributed by atoms with Crippen LogP contribution >= 0.6 is 0 Å². The highest BCUT2D eigenvalue weighted by atomic mass is 16.6. The molecule has 2 amide bonds. The van der Waals surface area contributed by atoms with Gasteiger partial charge in [0.1, 0.15) is 17.9 Å². The van der Waals surface area contributed by atoms with Crippen molar-refractivity contribution in [3.63, 3.8) is 0 Å². The number of benzene rings is 5. The van der Waals surface area contributed by atoms with Crippen LogP contribution in [0.4, 0.5) is 4.79 Å². The van der Waals surface area contributed by atoms with Crippen molar-refractivity contribution in [3.05, 3.63) is 168 Å². The van der Waals surface area contributed by atoms with Crippen LogP contribution < -0.4 is 5.32 Å². The lowest BCUT2D eigenvalue weighted by Crippen LogP contribution is -2.43. The van der Waals surface area contributed by atoms with Crippen molar-refractivity contribution in [1.82, 2.24) is 35.4 Å². The molecule has 0 bridgehead atoms. The summed E-state index contributed by atoms with van der Waals surface area (Å²) in [7, 11) is 1.38. The third kappa shape index (κ3) is 11.3. The van der Waals surface area contributed by atoms with Crippen LogP contribution in [0.25, 0.3) is 55.4 Å². The number of carbonyl (C=O) groups excluding carboxylic acids is 4. The Kier molecular flexibility index (Phi) is 14.6. The summed E-state index contributed by atoms with van der Waals surface area (Å²) in [6.07, 6.45) is 4.50. The fraction of sp³-hybridized carbons (Fsp3) is 0.204. The number of H-pyrrole nitrogens is 3. The van der Waals surface area contributed by atoms with E-state index in [1.807, 2.05) is 85.1 Å². The topological polar surface area (TPSA) is 226 Å². The third-order valence-corrected chi connectivity index (χ3v) is 11.6. The number of carboxylic acid groups (broad SMARTS) is 1. The molecule has 2 atom stereocenters. The molecule has 5 N–H and O–H groups in total. The highest BCUT2D eigenvalue weighted by molar-refractivity contribution is 5.95. The van der Waals surface area contributed by atoms with Gasteiger partial charge in [0.2, 0.25) is 11.8 Å². The number of ketones is 1. The Morgan fingerprint density at radius 2 is 1.43 bits per heavy atom. The molecule has 5 aromatic carbocycles. The van der Waals surface area contributed by atoms with E-state index in [9.17, 15) is 24.0 Å². The standard InChI is InChI=1S/C35H35N5O5.C10H9NO2.C9H7NO2/c1-21(2)44-35(43)37-31(25-8-5-4-6-9-25)34(42)40-17-7-10-30(40)33-39-38-32(45-33)26-15-16-28-27(19-26)20-29(36-28)24-13-11-23(12-14-24)18-22(3)41;1-13-10(12)8-2-3-9-7(6-8)4-5-11-9;11-9(12)7-1-2-8-6(5-7)3-4-10-8/h4-6,8-9,11-16,19-21,30-31,36H,7,10,17-18H2,1-3H3,(H,37,43);2-6,11H,1H3;1-5,10H,(H,11,12)/t30-,31+;;/m0../s1. The number of aromatic carboxylic acids is 1. The van der Waals surface area contributed by atoms with Gasteiger partial charge in [-0.2, -0.15) is 0 Å². The molecule has 1 aliphatic heterocycles. The van der Waals surface area contributed by atoms with Crippen molar-refractivity contribution in [2.75, 3.05) is 13.7 Å². The van der Waals surface area contributed by atoms with Crippen molar-refractivity contribution in [1.29, 1.82) is 0 Å². The number of nitrogens with zero attached hydrogens (tertiary/aromatic N) is 3. The van der Waals surface area contributed by atoms with Crippen LogP contribution in [0.3, 0.4) is 0 Å². The van der Waals surface area contributed by atoms with E-state index in [-0.39, 0.29) is 23.8 Å². The second kappa shape index (κ2) is 21.4. The first-order valence-corrected chi connectivity index (χ1v) is 22.7. The Bertz CT molecular complexity index is 3300. The number of amides is 2. The van der Waals surface area contributed by atoms with Crippen molar-refractivity contribution < 1.29 is 43.0 Å². The second-order valence-corrected chi connectivity index (χ2v) is 17.0. The number of Topliss-reactive ketones (excluding diaryl/α,β-unsaturated/α-hetero) is 1. The molecule has 16 heteroatoms. The van der Waals surface area contributed by atoms with Gasteiger partial charge in [-0.05, 0) is 123 Å². The third-order valence-electron chi connectivity index (χ3n) is 11.6. The van der Waals surface area contributed by atoms with Gasteiger partial charge in [0, 0.05) is 69.3 Å². The van der Waals surface area contributed by atoms with E-state index in [0.29, 0.717) is 47.9 Å². The Hall–Kier alpha value is -8.79. The number of methoxy groups -OCH3 is 1. The van der Waals surface area contributed by atoms with E-state index in [1.165, 1.54) is 7.11 Å². The molecule has 0 unspecified atom stereocenters. The smallest absolute Gasteiger partial charge is 0.408 e. The molecular weight excluding hydrogens is 891 g/mol. The van der Waals surface area contributed by atoms with Gasteiger partial charge in [-0.1, -0.05) is 54.6 Å². The summed E-state index contributed by atoms with van der Waals surface area (Å²) in [5.74, 6) is -0.607. The van der Waals surface area contributed by atoms with Crippen molar-refractivity contribution in [3.8, 4) is 22.7 Å². The Balaban J connectivity index is 0.000000211. The molecule has 9 aromatic rings. The quantitative estimate of drug-likeness (QED) is 0.0767. The lowest BCUT2D eigenvalue weighted by molar-refractivity contribution is -0.135. The number of hydrogen-bond donors (Lipinski definition) is 5. The number of fused-ring (bicyclic) bond motifs is 3. The summed E-state index contributed by atoms with van der Waals surface area (Å²) < 4.78 is 16.1. The molecule has 356 valence electrons. The number of nitrogens with one attached hydrogen (secondary N) is 4. The average Bonchev–Trinajstić information content (AvgIpc) is 4.23. The van der Waals surface area contributed by atoms with E-state index in [4.69, 9.17) is 14.3 Å². The SMILES string of the molecule is CC(=O)Cc1ccc(-c2cc3cc(-c4nnc([C@@H]5CCCN5C(=O)[C@H](NC(=O)OC(C)C)c5ccccc5)o4)ccc3[nH]2)cc1.COC(=O)c1ccc2[nH]ccc2c1.O=C(O)c1ccc2[nH]ccc2c1. The molecule has 0 radical (unpaired) electrons. The minimum Gasteiger partial charge on any atom is -0.478 e. The van der Waals surface area contributed by atoms with Gasteiger partial charge in [-0.3, -0.25) is 9.59 Å². The number of carbonyl (C=O) groups is 5. The number of rotatable bonds is 11. The number of likely N-dealkylation sites (tertiary alicyclic amines) is 1. The summed E-state index contributed by atoms with van der Waals surface area (Å²) in [6.45, 7) is 5.60. The van der Waals surface area contributed by atoms with Gasteiger partial charge in [0.25, 0.3) is 5.91 Å². The lowest BCUT2D eigenvalue weighted by atomic mass is 10.1. The number of carboxylic acids is 1. The second-order valence-electron chi connectivity index (χ2n) is 17.0. The number of esters is 1. The summed E-state index contributed by atoms with van der Waals surface area (Å²) in [5, 5.41) is 23.0. The Morgan fingerprint density at radius 3 is 2.09 bits per heavy atom. The van der Waals surface area contributed by atoms with E-state index >= 15 is 0 Å². The maximum absolute atomic E-state index is 13.9. The zero-order valence-electron chi connectivity index (χ0n) is 38.9. The van der Waals surface area contributed by atoms with Crippen LogP contribution in [0, 0.1) is 0 Å². The first-order valence-electron chi connectivity index (χ1n) is 22.7. The highest BCUT2D eigenvalue weighted by Gasteiger charge is 2.38. The normalized spacial score (nSPS) is 13.6. The summed E-state index contributed by atoms with van der Waals surface area (Å²) in [4.78, 5) is 70.8. The maximum Gasteiger partial charge on any atom is 0.408 e. The van der Waals surface area contributed by atoms with Gasteiger partial charge in [-0.25, -0.2) is 14.4 Å². The number of alkyl carbamates (subject to hydrolysis) is 1. The molecule has 5 heterocycles. The van der Waals surface area contributed by atoms with E-state index < -0.39 is 24.1 Å². The van der Waals surface area contributed by atoms with E-state index in [2.05, 4.69) is 41.3 Å². The van der Waals surface area contributed by atoms with Crippen LogP contribution in [0.1, 0.15) is 83.4 Å². The molecule has 4 aromatic heterocycles.